The number of hydrogen-bond donors (Lipinski definition) is 3. The smallest absolute Gasteiger partial charge is 0.357 e. The fourth-order valence-electron chi connectivity index (χ4n) is 2.87. The Labute approximate surface area is 166 Å². The van der Waals surface area contributed by atoms with Crippen molar-refractivity contribution >= 4 is 45.6 Å². The number of nitrogens with two attached hydrogens (primary N) is 1. The van der Waals surface area contributed by atoms with Gasteiger partial charge in [0.05, 0.1) is 21.3 Å². The maximum Gasteiger partial charge on any atom is 0.357 e. The second-order valence-corrected chi connectivity index (χ2v) is 7.50. The molecule has 0 spiro atoms. The first kappa shape index (κ1) is 18.0. The van der Waals surface area contributed by atoms with Crippen molar-refractivity contribution in [2.75, 3.05) is 0 Å². The van der Waals surface area contributed by atoms with Crippen molar-refractivity contribution in [1.29, 1.82) is 0 Å². The number of carboxylic acids is 1. The summed E-state index contributed by atoms with van der Waals surface area (Å²) in [5.41, 5.74) is 6.82. The van der Waals surface area contributed by atoms with Crippen LogP contribution in [0.25, 0.3) is 21.5 Å². The molecule has 0 saturated heterocycles. The Hall–Kier alpha value is -3.37. The van der Waals surface area contributed by atoms with Gasteiger partial charge in [0.1, 0.15) is 5.69 Å². The molecule has 0 saturated carbocycles. The van der Waals surface area contributed by atoms with Crippen LogP contribution in [0.3, 0.4) is 0 Å². The lowest BCUT2D eigenvalue weighted by Crippen LogP contribution is -2.14. The fourth-order valence-corrected chi connectivity index (χ4v) is 3.86. The van der Waals surface area contributed by atoms with Crippen LogP contribution in [-0.4, -0.2) is 37.1 Å². The van der Waals surface area contributed by atoms with Gasteiger partial charge in [-0.25, -0.2) is 4.79 Å². The average molecular weight is 418 g/mol. The number of aromatic carboxylic acids is 1. The van der Waals surface area contributed by atoms with Gasteiger partial charge in [0.2, 0.25) is 0 Å². The second kappa shape index (κ2) is 6.98. The molecule has 3 aromatic heterocycles. The van der Waals surface area contributed by atoms with Gasteiger partial charge in [0.25, 0.3) is 0 Å². The van der Waals surface area contributed by atoms with Crippen LogP contribution in [0, 0.1) is 0 Å². The molecule has 0 bridgehead atoms. The molecule has 11 heteroatoms. The molecule has 0 aliphatic carbocycles. The largest absolute Gasteiger partial charge is 0.476 e. The minimum Gasteiger partial charge on any atom is -0.476 e. The molecule has 0 unspecified atom stereocenters. The molecule has 1 aromatic carbocycles. The highest BCUT2D eigenvalue weighted by atomic mass is 35.5. The van der Waals surface area contributed by atoms with Crippen LogP contribution in [0.2, 0.25) is 4.34 Å². The molecule has 28 heavy (non-hydrogen) atoms. The highest BCUT2D eigenvalue weighted by molar-refractivity contribution is 7.19. The number of thiophene rings is 1. The highest BCUT2D eigenvalue weighted by Gasteiger charge is 2.22. The number of carboxylic acid groups (broad SMARTS) is 1. The van der Waals surface area contributed by atoms with Crippen molar-refractivity contribution in [2.45, 2.75) is 6.54 Å². The Morgan fingerprint density at radius 3 is 2.86 bits per heavy atom. The van der Waals surface area contributed by atoms with Crippen LogP contribution in [0.5, 0.6) is 0 Å². The van der Waals surface area contributed by atoms with E-state index in [1.165, 1.54) is 16.0 Å². The number of halogens is 1. The van der Waals surface area contributed by atoms with Gasteiger partial charge >= 0.3 is 5.97 Å². The van der Waals surface area contributed by atoms with E-state index in [9.17, 15) is 9.90 Å². The number of benzene rings is 1. The molecule has 0 aliphatic heterocycles. The monoisotopic (exact) mass is 417 g/mol. The summed E-state index contributed by atoms with van der Waals surface area (Å²) in [5, 5.41) is 30.0. The van der Waals surface area contributed by atoms with Gasteiger partial charge in [-0.15, -0.1) is 11.3 Å². The Morgan fingerprint density at radius 1 is 1.36 bits per heavy atom. The first-order valence-electron chi connectivity index (χ1n) is 7.90. The molecule has 142 valence electrons. The number of rotatable bonds is 5. The Bertz CT molecular complexity index is 1230. The molecule has 9 nitrogen and oxygen atoms in total. The van der Waals surface area contributed by atoms with E-state index in [2.05, 4.69) is 15.4 Å². The topological polar surface area (TPSA) is 140 Å². The summed E-state index contributed by atoms with van der Waals surface area (Å²) in [6, 6.07) is 10.3. The zero-order valence-corrected chi connectivity index (χ0v) is 15.6. The fraction of sp³-hybridized carbons (Fsp3) is 0.0588. The molecule has 0 fully saturated rings. The zero-order valence-electron chi connectivity index (χ0n) is 14.0. The van der Waals surface area contributed by atoms with Crippen molar-refractivity contribution in [2.24, 2.45) is 10.9 Å². The number of fused-ring (bicyclic) bond motifs is 1. The first-order valence-corrected chi connectivity index (χ1v) is 9.09. The summed E-state index contributed by atoms with van der Waals surface area (Å²) >= 11 is 7.31. The molecule has 4 aromatic rings. The van der Waals surface area contributed by atoms with E-state index in [-0.39, 0.29) is 29.0 Å². The van der Waals surface area contributed by atoms with Gasteiger partial charge in [-0.05, 0) is 18.2 Å². The lowest BCUT2D eigenvalue weighted by Gasteiger charge is -2.03. The average Bonchev–Trinajstić information content (AvgIpc) is 3.40. The third-order valence-corrected chi connectivity index (χ3v) is 5.30. The van der Waals surface area contributed by atoms with Crippen LogP contribution < -0.4 is 5.73 Å². The van der Waals surface area contributed by atoms with Gasteiger partial charge in [0, 0.05) is 17.0 Å². The normalized spacial score (nSPS) is 12.0. The number of nitrogens with zero attached hydrogens (tertiary/aromatic N) is 4. The SMILES string of the molecule is NC(=NO)c1cccc2c1c(C(=O)O)nn2Cc1cc(-c2ccc(Cl)s2)on1. The van der Waals surface area contributed by atoms with Gasteiger partial charge in [-0.3, -0.25) is 4.68 Å². The molecule has 0 radical (unpaired) electrons. The maximum atomic E-state index is 11.7. The summed E-state index contributed by atoms with van der Waals surface area (Å²) in [6.07, 6.45) is 0. The van der Waals surface area contributed by atoms with E-state index in [1.54, 1.807) is 30.3 Å². The minimum absolute atomic E-state index is 0.173. The van der Waals surface area contributed by atoms with Crippen molar-refractivity contribution in [3.63, 3.8) is 0 Å². The lowest BCUT2D eigenvalue weighted by molar-refractivity contribution is 0.0691. The molecule has 0 aliphatic rings. The van der Waals surface area contributed by atoms with E-state index in [1.807, 2.05) is 6.07 Å². The maximum absolute atomic E-state index is 11.7. The van der Waals surface area contributed by atoms with Crippen LogP contribution in [0.15, 0.2) is 46.1 Å². The van der Waals surface area contributed by atoms with Gasteiger partial charge in [0.15, 0.2) is 17.3 Å². The van der Waals surface area contributed by atoms with Crippen molar-refractivity contribution in [1.82, 2.24) is 14.9 Å². The van der Waals surface area contributed by atoms with Crippen LogP contribution in [-0.2, 0) is 6.54 Å². The summed E-state index contributed by atoms with van der Waals surface area (Å²) < 4.78 is 7.47. The van der Waals surface area contributed by atoms with Crippen LogP contribution >= 0.6 is 22.9 Å². The third-order valence-electron chi connectivity index (χ3n) is 4.05. The molecular weight excluding hydrogens is 406 g/mol. The molecule has 3 heterocycles. The zero-order chi connectivity index (χ0) is 19.8. The van der Waals surface area contributed by atoms with E-state index >= 15 is 0 Å². The van der Waals surface area contributed by atoms with Crippen LogP contribution in [0.1, 0.15) is 21.7 Å². The second-order valence-electron chi connectivity index (χ2n) is 5.78. The standard InChI is InChI=1S/C17H12ClN5O4S/c18-13-5-4-12(28-13)11-6-8(22-27-11)7-23-10-3-1-2-9(16(19)21-26)14(10)15(20-23)17(24)25/h1-6,26H,7H2,(H2,19,21)(H,24,25). The molecule has 0 amide bonds. The lowest BCUT2D eigenvalue weighted by atomic mass is 10.1. The van der Waals surface area contributed by atoms with E-state index in [0.29, 0.717) is 21.3 Å². The van der Waals surface area contributed by atoms with Crippen molar-refractivity contribution < 1.29 is 19.6 Å². The number of carbonyl (C=O) groups is 1. The van der Waals surface area contributed by atoms with Crippen LogP contribution in [0.4, 0.5) is 0 Å². The van der Waals surface area contributed by atoms with E-state index in [0.717, 1.165) is 4.88 Å². The van der Waals surface area contributed by atoms with E-state index < -0.39 is 5.97 Å². The summed E-state index contributed by atoms with van der Waals surface area (Å²) in [4.78, 5) is 12.5. The predicted octanol–water partition coefficient (Wildman–Crippen LogP) is 3.25. The molecule has 4 rings (SSSR count). The molecule has 4 N–H and O–H groups in total. The Kier molecular flexibility index (Phi) is 4.49. The quantitative estimate of drug-likeness (QED) is 0.196. The van der Waals surface area contributed by atoms with Gasteiger partial charge in [-0.1, -0.05) is 34.0 Å². The van der Waals surface area contributed by atoms with Gasteiger partial charge < -0.3 is 20.6 Å². The Morgan fingerprint density at radius 2 is 2.18 bits per heavy atom. The third kappa shape index (κ3) is 3.08. The number of hydrogen-bond acceptors (Lipinski definition) is 7. The predicted molar refractivity (Wildman–Crippen MR) is 103 cm³/mol. The Balaban J connectivity index is 1.78. The van der Waals surface area contributed by atoms with Gasteiger partial charge in [-0.2, -0.15) is 5.10 Å². The summed E-state index contributed by atoms with van der Waals surface area (Å²) in [7, 11) is 0. The molecule has 0 atom stereocenters. The highest BCUT2D eigenvalue weighted by Crippen LogP contribution is 2.31. The summed E-state index contributed by atoms with van der Waals surface area (Å²) in [6.45, 7) is 0.173. The number of amidine groups is 1. The number of aromatic nitrogens is 3. The minimum atomic E-state index is -1.23. The van der Waals surface area contributed by atoms with Crippen molar-refractivity contribution in [3.05, 3.63) is 57.7 Å². The summed E-state index contributed by atoms with van der Waals surface area (Å²) in [5.74, 6) is -0.874. The number of oxime groups is 1. The van der Waals surface area contributed by atoms with Crippen molar-refractivity contribution in [3.8, 4) is 10.6 Å². The van der Waals surface area contributed by atoms with E-state index in [4.69, 9.17) is 27.1 Å². The first-order chi connectivity index (χ1) is 13.5. The molecular formula is C17H12ClN5O4S.